The lowest BCUT2D eigenvalue weighted by Gasteiger charge is -2.28. The summed E-state index contributed by atoms with van der Waals surface area (Å²) < 4.78 is 0. The van der Waals surface area contributed by atoms with Crippen LogP contribution in [-0.2, 0) is 0 Å². The van der Waals surface area contributed by atoms with Gasteiger partial charge in [-0.25, -0.2) is 0 Å². The molecule has 13 heavy (non-hydrogen) atoms. The highest BCUT2D eigenvalue weighted by Gasteiger charge is 2.33. The molecule has 0 radical (unpaired) electrons. The predicted octanol–water partition coefficient (Wildman–Crippen LogP) is 0.508. The second kappa shape index (κ2) is 4.40. The van der Waals surface area contributed by atoms with Crippen LogP contribution in [-0.4, -0.2) is 35.5 Å². The summed E-state index contributed by atoms with van der Waals surface area (Å²) in [4.78, 5) is 0. The predicted molar refractivity (Wildman–Crippen MR) is 52.5 cm³/mol. The van der Waals surface area contributed by atoms with Gasteiger partial charge in [0.05, 0.1) is 12.7 Å². The van der Waals surface area contributed by atoms with E-state index in [1.165, 1.54) is 19.3 Å². The molecule has 3 N–H and O–H groups in total. The van der Waals surface area contributed by atoms with Gasteiger partial charge in [0.15, 0.2) is 0 Å². The first kappa shape index (κ1) is 11.0. The number of hydrogen-bond acceptors (Lipinski definition) is 3. The van der Waals surface area contributed by atoms with Crippen molar-refractivity contribution in [2.75, 3.05) is 13.2 Å². The molecule has 0 bridgehead atoms. The average Bonchev–Trinajstić information content (AvgIpc) is 2.41. The van der Waals surface area contributed by atoms with Crippen molar-refractivity contribution in [3.63, 3.8) is 0 Å². The van der Waals surface area contributed by atoms with E-state index in [-0.39, 0.29) is 6.61 Å². The van der Waals surface area contributed by atoms with Crippen LogP contribution in [0.4, 0.5) is 0 Å². The van der Waals surface area contributed by atoms with Crippen LogP contribution >= 0.6 is 0 Å². The van der Waals surface area contributed by atoms with Gasteiger partial charge in [-0.05, 0) is 18.3 Å². The highest BCUT2D eigenvalue weighted by molar-refractivity contribution is 4.90. The summed E-state index contributed by atoms with van der Waals surface area (Å²) in [5.74, 6) is 0. The first-order chi connectivity index (χ1) is 6.06. The van der Waals surface area contributed by atoms with Crippen LogP contribution in [0.25, 0.3) is 0 Å². The van der Waals surface area contributed by atoms with Gasteiger partial charge in [0, 0.05) is 12.6 Å². The summed E-state index contributed by atoms with van der Waals surface area (Å²) in [7, 11) is 0. The zero-order valence-corrected chi connectivity index (χ0v) is 8.58. The lowest BCUT2D eigenvalue weighted by atomic mass is 9.87. The number of rotatable bonds is 4. The lowest BCUT2D eigenvalue weighted by Crippen LogP contribution is -2.42. The Bertz CT molecular complexity index is 159. The van der Waals surface area contributed by atoms with Gasteiger partial charge >= 0.3 is 0 Å². The van der Waals surface area contributed by atoms with Crippen LogP contribution in [0.1, 0.15) is 33.1 Å². The monoisotopic (exact) mass is 187 g/mol. The largest absolute Gasteiger partial charge is 0.394 e. The van der Waals surface area contributed by atoms with Crippen molar-refractivity contribution < 1.29 is 10.2 Å². The number of aliphatic hydroxyl groups excluding tert-OH is 2. The quantitative estimate of drug-likeness (QED) is 0.601. The van der Waals surface area contributed by atoms with Crippen molar-refractivity contribution >= 4 is 0 Å². The fraction of sp³-hybridized carbons (Fsp3) is 1.00. The van der Waals surface area contributed by atoms with Crippen molar-refractivity contribution in [2.45, 2.75) is 45.3 Å². The molecule has 0 aliphatic heterocycles. The van der Waals surface area contributed by atoms with Crippen molar-refractivity contribution in [3.8, 4) is 0 Å². The summed E-state index contributed by atoms with van der Waals surface area (Å²) in [5, 5.41) is 21.1. The second-order valence-corrected chi connectivity index (χ2v) is 4.68. The Morgan fingerprint density at radius 2 is 2.23 bits per heavy atom. The van der Waals surface area contributed by atoms with Gasteiger partial charge in [-0.15, -0.1) is 0 Å². The van der Waals surface area contributed by atoms with Crippen molar-refractivity contribution in [3.05, 3.63) is 0 Å². The molecule has 1 aliphatic rings. The molecular formula is C10H21NO2. The topological polar surface area (TPSA) is 52.5 Å². The third-order valence-corrected chi connectivity index (χ3v) is 3.07. The minimum absolute atomic E-state index is 0.153. The van der Waals surface area contributed by atoms with E-state index >= 15 is 0 Å². The number of nitrogens with one attached hydrogen (secondary N) is 1. The third-order valence-electron chi connectivity index (χ3n) is 3.07. The molecular weight excluding hydrogens is 166 g/mol. The van der Waals surface area contributed by atoms with E-state index in [0.717, 1.165) is 0 Å². The highest BCUT2D eigenvalue weighted by Crippen LogP contribution is 2.36. The van der Waals surface area contributed by atoms with Crippen LogP contribution in [0.3, 0.4) is 0 Å². The zero-order valence-electron chi connectivity index (χ0n) is 8.58. The normalized spacial score (nSPS) is 29.1. The summed E-state index contributed by atoms with van der Waals surface area (Å²) in [6.45, 7) is 4.86. The minimum atomic E-state index is -0.614. The van der Waals surface area contributed by atoms with Crippen LogP contribution < -0.4 is 5.32 Å². The number of hydrogen-bond donors (Lipinski definition) is 3. The molecule has 1 aliphatic carbocycles. The molecule has 1 saturated carbocycles. The minimum Gasteiger partial charge on any atom is -0.394 e. The second-order valence-electron chi connectivity index (χ2n) is 4.68. The van der Waals surface area contributed by atoms with E-state index in [0.29, 0.717) is 18.0 Å². The first-order valence-corrected chi connectivity index (χ1v) is 5.08. The highest BCUT2D eigenvalue weighted by atomic mass is 16.3. The maximum absolute atomic E-state index is 9.18. The molecule has 0 aromatic heterocycles. The maximum Gasteiger partial charge on any atom is 0.0895 e. The molecule has 78 valence electrons. The van der Waals surface area contributed by atoms with Gasteiger partial charge in [0.2, 0.25) is 0 Å². The van der Waals surface area contributed by atoms with Gasteiger partial charge in [0.1, 0.15) is 0 Å². The van der Waals surface area contributed by atoms with Crippen LogP contribution in [0.15, 0.2) is 0 Å². The lowest BCUT2D eigenvalue weighted by molar-refractivity contribution is 0.0876. The van der Waals surface area contributed by atoms with Crippen molar-refractivity contribution in [2.24, 2.45) is 5.41 Å². The molecule has 0 heterocycles. The van der Waals surface area contributed by atoms with Gasteiger partial charge in [-0.1, -0.05) is 20.3 Å². The first-order valence-electron chi connectivity index (χ1n) is 5.08. The Kier molecular flexibility index (Phi) is 3.71. The van der Waals surface area contributed by atoms with E-state index < -0.39 is 6.10 Å². The fourth-order valence-electron chi connectivity index (χ4n) is 2.05. The molecule has 3 nitrogen and oxygen atoms in total. The maximum atomic E-state index is 9.18. The van der Waals surface area contributed by atoms with Crippen LogP contribution in [0, 0.1) is 5.41 Å². The summed E-state index contributed by atoms with van der Waals surface area (Å²) in [6.07, 6.45) is 3.08. The average molecular weight is 187 g/mol. The van der Waals surface area contributed by atoms with Gasteiger partial charge in [-0.3, -0.25) is 0 Å². The van der Waals surface area contributed by atoms with Crippen LogP contribution in [0.5, 0.6) is 0 Å². The summed E-state index contributed by atoms with van der Waals surface area (Å²) in [6, 6.07) is 0.494. The Hall–Kier alpha value is -0.120. The fourth-order valence-corrected chi connectivity index (χ4v) is 2.05. The molecule has 1 fully saturated rings. The molecule has 3 heteroatoms. The van der Waals surface area contributed by atoms with Crippen molar-refractivity contribution in [1.29, 1.82) is 0 Å². The Balaban J connectivity index is 2.28. The molecule has 2 atom stereocenters. The van der Waals surface area contributed by atoms with Gasteiger partial charge in [-0.2, -0.15) is 0 Å². The summed E-state index contributed by atoms with van der Waals surface area (Å²) in [5.41, 5.74) is 0.342. The SMILES string of the molecule is CC1(C)CCCC1NCC(O)CO. The third kappa shape index (κ3) is 2.93. The zero-order chi connectivity index (χ0) is 9.90. The number of aliphatic hydroxyl groups is 2. The smallest absolute Gasteiger partial charge is 0.0895 e. The molecule has 1 rings (SSSR count). The molecule has 0 aromatic rings. The van der Waals surface area contributed by atoms with E-state index in [4.69, 9.17) is 5.11 Å². The van der Waals surface area contributed by atoms with Crippen LogP contribution in [0.2, 0.25) is 0 Å². The Morgan fingerprint density at radius 3 is 2.69 bits per heavy atom. The van der Waals surface area contributed by atoms with Gasteiger partial charge in [0.25, 0.3) is 0 Å². The van der Waals surface area contributed by atoms with Crippen molar-refractivity contribution in [1.82, 2.24) is 5.32 Å². The Labute approximate surface area is 80.2 Å². The van der Waals surface area contributed by atoms with Gasteiger partial charge < -0.3 is 15.5 Å². The molecule has 0 aromatic carbocycles. The molecule has 0 amide bonds. The summed E-state index contributed by atoms with van der Waals surface area (Å²) >= 11 is 0. The molecule has 0 saturated heterocycles. The van der Waals surface area contributed by atoms with E-state index in [1.807, 2.05) is 0 Å². The molecule has 2 unspecified atom stereocenters. The van der Waals surface area contributed by atoms with E-state index in [9.17, 15) is 5.11 Å². The standard InChI is InChI=1S/C10H21NO2/c1-10(2)5-3-4-9(10)11-6-8(13)7-12/h8-9,11-13H,3-7H2,1-2H3. The molecule has 0 spiro atoms. The van der Waals surface area contributed by atoms with E-state index in [2.05, 4.69) is 19.2 Å². The van der Waals surface area contributed by atoms with E-state index in [1.54, 1.807) is 0 Å². The Morgan fingerprint density at radius 1 is 1.54 bits per heavy atom.